The van der Waals surface area contributed by atoms with Crippen LogP contribution in [0.25, 0.3) is 11.0 Å². The summed E-state index contributed by atoms with van der Waals surface area (Å²) < 4.78 is 7.49. The van der Waals surface area contributed by atoms with Gasteiger partial charge < -0.3 is 15.0 Å². The number of nitrogens with zero attached hydrogens (tertiary/aromatic N) is 4. The van der Waals surface area contributed by atoms with Gasteiger partial charge in [0.25, 0.3) is 6.01 Å². The predicted molar refractivity (Wildman–Crippen MR) is 119 cm³/mol. The number of imidazole rings is 1. The van der Waals surface area contributed by atoms with Crippen LogP contribution in [-0.2, 0) is 6.54 Å². The van der Waals surface area contributed by atoms with Gasteiger partial charge in [0.15, 0.2) is 0 Å². The zero-order valence-corrected chi connectivity index (χ0v) is 17.2. The fourth-order valence-corrected chi connectivity index (χ4v) is 3.91. The van der Waals surface area contributed by atoms with Gasteiger partial charge in [-0.1, -0.05) is 30.3 Å². The first-order chi connectivity index (χ1) is 15.2. The second kappa shape index (κ2) is 8.10. The fraction of sp³-hybridized carbons (Fsp3) is 0.208. The molecule has 1 N–H and O–H groups in total. The number of methoxy groups -OCH3 is 1. The van der Waals surface area contributed by atoms with Gasteiger partial charge in [0.05, 0.1) is 24.7 Å². The van der Waals surface area contributed by atoms with Crippen LogP contribution in [0.5, 0.6) is 6.01 Å². The second-order valence-corrected chi connectivity index (χ2v) is 7.69. The molecule has 0 spiro atoms. The van der Waals surface area contributed by atoms with Crippen molar-refractivity contribution in [3.63, 3.8) is 0 Å². The summed E-state index contributed by atoms with van der Waals surface area (Å²) in [6, 6.07) is 20.3. The molecule has 5 rings (SSSR count). The Morgan fingerprint density at radius 2 is 1.90 bits per heavy atom. The Morgan fingerprint density at radius 1 is 1.10 bits per heavy atom. The van der Waals surface area contributed by atoms with Crippen LogP contribution in [0, 0.1) is 0 Å². The van der Waals surface area contributed by atoms with Gasteiger partial charge in [-0.05, 0) is 41.5 Å². The highest BCUT2D eigenvalue weighted by molar-refractivity contribution is 5.90. The maximum absolute atomic E-state index is 12.5. The zero-order valence-electron chi connectivity index (χ0n) is 17.2. The molecule has 1 fully saturated rings. The van der Waals surface area contributed by atoms with Crippen molar-refractivity contribution in [1.29, 1.82) is 0 Å². The number of hydrogen-bond acceptors (Lipinski definition) is 4. The maximum Gasteiger partial charge on any atom is 0.321 e. The lowest BCUT2D eigenvalue weighted by molar-refractivity contribution is 0.164. The van der Waals surface area contributed by atoms with Crippen LogP contribution in [0.1, 0.15) is 17.0 Å². The topological polar surface area (TPSA) is 72.3 Å². The van der Waals surface area contributed by atoms with Gasteiger partial charge in [0.2, 0.25) is 0 Å². The van der Waals surface area contributed by atoms with E-state index in [0.29, 0.717) is 31.6 Å². The number of hydrogen-bond donors (Lipinski definition) is 1. The van der Waals surface area contributed by atoms with Gasteiger partial charge in [-0.3, -0.25) is 9.55 Å². The minimum atomic E-state index is -0.0739. The maximum atomic E-state index is 12.5. The minimum absolute atomic E-state index is 0.0739. The molecule has 0 saturated carbocycles. The third-order valence-corrected chi connectivity index (χ3v) is 5.67. The highest BCUT2D eigenvalue weighted by Gasteiger charge is 2.31. The molecule has 1 aliphatic heterocycles. The summed E-state index contributed by atoms with van der Waals surface area (Å²) >= 11 is 0. The third kappa shape index (κ3) is 3.82. The monoisotopic (exact) mass is 413 g/mol. The van der Waals surface area contributed by atoms with Crippen molar-refractivity contribution < 1.29 is 9.53 Å². The van der Waals surface area contributed by atoms with E-state index in [1.807, 2.05) is 70.3 Å². The second-order valence-electron chi connectivity index (χ2n) is 7.69. The average Bonchev–Trinajstić information content (AvgIpc) is 3.12. The number of benzene rings is 2. The summed E-state index contributed by atoms with van der Waals surface area (Å²) in [4.78, 5) is 23.0. The Labute approximate surface area is 180 Å². The molecule has 3 heterocycles. The summed E-state index contributed by atoms with van der Waals surface area (Å²) in [6.45, 7) is 2.06. The lowest BCUT2D eigenvalue weighted by Gasteiger charge is -2.39. The average molecular weight is 413 g/mol. The van der Waals surface area contributed by atoms with E-state index in [0.717, 1.165) is 22.3 Å². The number of amides is 2. The number of anilines is 1. The summed E-state index contributed by atoms with van der Waals surface area (Å²) in [5.41, 5.74) is 4.99. The highest BCUT2D eigenvalue weighted by atomic mass is 16.5. The molecule has 7 nitrogen and oxygen atoms in total. The SMILES string of the molecule is COc1nc2ccccc2n1Cc1ccc(NC(=O)N2CC(c3cccnc3)C2)cc1. The van der Waals surface area contributed by atoms with E-state index in [9.17, 15) is 4.79 Å². The van der Waals surface area contributed by atoms with Crippen molar-refractivity contribution in [2.45, 2.75) is 12.5 Å². The largest absolute Gasteiger partial charge is 0.468 e. The molecule has 0 atom stereocenters. The van der Waals surface area contributed by atoms with Gasteiger partial charge in [0.1, 0.15) is 0 Å². The molecule has 0 unspecified atom stereocenters. The van der Waals surface area contributed by atoms with Crippen LogP contribution in [0.3, 0.4) is 0 Å². The number of carbonyl (C=O) groups excluding carboxylic acids is 1. The van der Waals surface area contributed by atoms with Crippen LogP contribution in [-0.4, -0.2) is 45.7 Å². The van der Waals surface area contributed by atoms with E-state index >= 15 is 0 Å². The predicted octanol–water partition coefficient (Wildman–Crippen LogP) is 4.12. The highest BCUT2D eigenvalue weighted by Crippen LogP contribution is 2.27. The van der Waals surface area contributed by atoms with Gasteiger partial charge in [0, 0.05) is 37.1 Å². The van der Waals surface area contributed by atoms with E-state index < -0.39 is 0 Å². The van der Waals surface area contributed by atoms with Crippen LogP contribution < -0.4 is 10.1 Å². The van der Waals surface area contributed by atoms with Crippen molar-refractivity contribution in [3.05, 3.63) is 84.2 Å². The summed E-state index contributed by atoms with van der Waals surface area (Å²) in [6.07, 6.45) is 3.64. The van der Waals surface area contributed by atoms with Gasteiger partial charge in [-0.25, -0.2) is 4.79 Å². The summed E-state index contributed by atoms with van der Waals surface area (Å²) in [7, 11) is 1.63. The molecule has 0 bridgehead atoms. The number of rotatable bonds is 5. The Bertz CT molecular complexity index is 1200. The van der Waals surface area contributed by atoms with E-state index in [4.69, 9.17) is 4.74 Å². The van der Waals surface area contributed by atoms with Crippen molar-refractivity contribution in [3.8, 4) is 6.01 Å². The van der Waals surface area contributed by atoms with E-state index in [-0.39, 0.29) is 6.03 Å². The number of pyridine rings is 1. The Morgan fingerprint density at radius 3 is 2.65 bits per heavy atom. The minimum Gasteiger partial charge on any atom is -0.468 e. The standard InChI is InChI=1S/C24H23N5O2/c1-31-24-27-21-6-2-3-7-22(21)29(24)14-17-8-10-20(11-9-17)26-23(30)28-15-19(16-28)18-5-4-12-25-13-18/h2-13,19H,14-16H2,1H3,(H,26,30). The zero-order chi connectivity index (χ0) is 21.2. The first-order valence-electron chi connectivity index (χ1n) is 10.3. The fourth-order valence-electron chi connectivity index (χ4n) is 3.91. The molecule has 7 heteroatoms. The molecule has 2 aromatic carbocycles. The lowest BCUT2D eigenvalue weighted by atomic mass is 9.93. The molecule has 0 aliphatic carbocycles. The molecule has 1 saturated heterocycles. The molecule has 2 amide bonds. The molecule has 2 aromatic heterocycles. The Balaban J connectivity index is 1.22. The summed E-state index contributed by atoms with van der Waals surface area (Å²) in [5.74, 6) is 0.363. The molecular formula is C24H23N5O2. The summed E-state index contributed by atoms with van der Waals surface area (Å²) in [5, 5.41) is 2.98. The number of ether oxygens (including phenoxy) is 1. The molecule has 1 aliphatic rings. The van der Waals surface area contributed by atoms with E-state index in [2.05, 4.69) is 21.4 Å². The van der Waals surface area contributed by atoms with Crippen LogP contribution >= 0.6 is 0 Å². The number of urea groups is 1. The molecule has 31 heavy (non-hydrogen) atoms. The van der Waals surface area contributed by atoms with E-state index in [1.165, 1.54) is 5.56 Å². The lowest BCUT2D eigenvalue weighted by Crippen LogP contribution is -2.50. The number of para-hydroxylation sites is 2. The van der Waals surface area contributed by atoms with E-state index in [1.54, 1.807) is 13.3 Å². The van der Waals surface area contributed by atoms with Crippen molar-refractivity contribution in [1.82, 2.24) is 19.4 Å². The number of fused-ring (bicyclic) bond motifs is 1. The van der Waals surface area contributed by atoms with Crippen LogP contribution in [0.4, 0.5) is 10.5 Å². The van der Waals surface area contributed by atoms with Crippen LogP contribution in [0.15, 0.2) is 73.1 Å². The quantitative estimate of drug-likeness (QED) is 0.534. The number of nitrogens with one attached hydrogen (secondary N) is 1. The Hall–Kier alpha value is -3.87. The van der Waals surface area contributed by atoms with Crippen molar-refractivity contribution in [2.24, 2.45) is 0 Å². The first kappa shape index (κ1) is 19.1. The van der Waals surface area contributed by atoms with Gasteiger partial charge >= 0.3 is 6.03 Å². The normalized spacial score (nSPS) is 13.8. The van der Waals surface area contributed by atoms with Gasteiger partial charge in [-0.15, -0.1) is 0 Å². The first-order valence-corrected chi connectivity index (χ1v) is 10.3. The molecule has 156 valence electrons. The van der Waals surface area contributed by atoms with Crippen LogP contribution in [0.2, 0.25) is 0 Å². The molecular weight excluding hydrogens is 390 g/mol. The number of aromatic nitrogens is 3. The van der Waals surface area contributed by atoms with Crippen molar-refractivity contribution >= 4 is 22.8 Å². The number of likely N-dealkylation sites (tertiary alicyclic amines) is 1. The van der Waals surface area contributed by atoms with Crippen molar-refractivity contribution in [2.75, 3.05) is 25.5 Å². The molecule has 0 radical (unpaired) electrons. The Kier molecular flexibility index (Phi) is 5.00. The smallest absolute Gasteiger partial charge is 0.321 e. The third-order valence-electron chi connectivity index (χ3n) is 5.67. The number of carbonyl (C=O) groups is 1. The molecule has 4 aromatic rings. The van der Waals surface area contributed by atoms with Gasteiger partial charge in [-0.2, -0.15) is 4.98 Å².